The monoisotopic (exact) mass is 1100 g/mol. The van der Waals surface area contributed by atoms with Crippen LogP contribution in [0.2, 0.25) is 0 Å². The van der Waals surface area contributed by atoms with E-state index < -0.39 is 95.9 Å². The van der Waals surface area contributed by atoms with Gasteiger partial charge in [0, 0.05) is 71.3 Å². The van der Waals surface area contributed by atoms with Gasteiger partial charge in [0.1, 0.15) is 36.2 Å². The molecule has 1 amide bonds. The maximum Gasteiger partial charge on any atom is 0.329 e. The van der Waals surface area contributed by atoms with Gasteiger partial charge in [0.25, 0.3) is 11.7 Å². The fourth-order valence-electron chi connectivity index (χ4n) is 11.5. The Kier molecular flexibility index (Phi) is 27.5. The highest BCUT2D eigenvalue weighted by Crippen LogP contribution is 2.38. The summed E-state index contributed by atoms with van der Waals surface area (Å²) in [6, 6.07) is -1.18. The van der Waals surface area contributed by atoms with Crippen LogP contribution in [0.15, 0.2) is 60.4 Å². The Morgan fingerprint density at radius 2 is 1.54 bits per heavy atom. The van der Waals surface area contributed by atoms with Crippen LogP contribution in [0.1, 0.15) is 164 Å². The highest BCUT2D eigenvalue weighted by atomic mass is 16.6. The van der Waals surface area contributed by atoms with E-state index in [1.54, 1.807) is 48.0 Å². The van der Waals surface area contributed by atoms with Gasteiger partial charge in [0.2, 0.25) is 5.79 Å². The molecule has 4 rings (SSSR count). The molecule has 15 atom stereocenters. The molecule has 1 saturated carbocycles. The molecular weight excluding hydrogens is 1000 g/mol. The molecule has 2 saturated heterocycles. The molecule has 2 bridgehead atoms. The van der Waals surface area contributed by atoms with Gasteiger partial charge in [-0.1, -0.05) is 90.5 Å². The first kappa shape index (κ1) is 65.9. The molecule has 0 aromatic carbocycles. The predicted molar refractivity (Wildman–Crippen MR) is 293 cm³/mol. The van der Waals surface area contributed by atoms with E-state index in [9.17, 15) is 43.8 Å². The number of aliphatic hydroxyl groups is 2. The van der Waals surface area contributed by atoms with E-state index in [1.807, 2.05) is 51.2 Å². The second-order valence-corrected chi connectivity index (χ2v) is 22.6. The molecule has 1 aliphatic carbocycles. The Balaban J connectivity index is 1.61. The average molecular weight is 1100 g/mol. The molecule has 0 unspecified atom stereocenters. The van der Waals surface area contributed by atoms with Crippen LogP contribution in [-0.2, 0) is 66.7 Å². The van der Waals surface area contributed by atoms with Crippen LogP contribution in [0, 0.1) is 35.5 Å². The lowest BCUT2D eigenvalue weighted by Gasteiger charge is -2.42. The summed E-state index contributed by atoms with van der Waals surface area (Å²) in [4.78, 5) is 97.2. The number of piperidine rings is 1. The number of ketones is 3. The number of esters is 3. The van der Waals surface area contributed by atoms with Crippen molar-refractivity contribution in [3.8, 4) is 0 Å². The minimum Gasteiger partial charge on any atom is -0.460 e. The summed E-state index contributed by atoms with van der Waals surface area (Å²) in [6.45, 7) is 16.0. The number of Topliss-reactive ketones (excluding diaryl/α,β-unsaturated/α-hetero) is 3. The number of amides is 1. The Morgan fingerprint density at radius 1 is 0.833 bits per heavy atom. The number of unbranched alkanes of at least 4 members (excludes halogenated alkanes) is 3. The number of aliphatic hydroxyl groups excluding tert-OH is 1. The first-order valence-corrected chi connectivity index (χ1v) is 28.6. The normalized spacial score (nSPS) is 35.4. The van der Waals surface area contributed by atoms with Crippen LogP contribution in [0.4, 0.5) is 0 Å². The van der Waals surface area contributed by atoms with Crippen molar-refractivity contribution in [1.82, 2.24) is 4.90 Å². The van der Waals surface area contributed by atoms with Crippen LogP contribution >= 0.6 is 0 Å². The van der Waals surface area contributed by atoms with Crippen molar-refractivity contribution in [2.24, 2.45) is 35.5 Å². The van der Waals surface area contributed by atoms with Gasteiger partial charge in [-0.2, -0.15) is 0 Å². The van der Waals surface area contributed by atoms with Gasteiger partial charge in [0.15, 0.2) is 5.78 Å². The lowest BCUT2D eigenvalue weighted by Crippen LogP contribution is -2.61. The number of carbonyl (C=O) groups is 7. The van der Waals surface area contributed by atoms with Crippen molar-refractivity contribution in [3.05, 3.63) is 60.4 Å². The second kappa shape index (κ2) is 32.6. The van der Waals surface area contributed by atoms with E-state index in [-0.39, 0.29) is 67.6 Å². The van der Waals surface area contributed by atoms with Crippen molar-refractivity contribution in [2.45, 2.75) is 219 Å². The number of methoxy groups -OCH3 is 3. The van der Waals surface area contributed by atoms with Gasteiger partial charge in [-0.25, -0.2) is 4.79 Å². The molecule has 0 aromatic rings. The van der Waals surface area contributed by atoms with Crippen LogP contribution in [0.25, 0.3) is 0 Å². The molecule has 3 fully saturated rings. The van der Waals surface area contributed by atoms with E-state index >= 15 is 0 Å². The molecule has 78 heavy (non-hydrogen) atoms. The van der Waals surface area contributed by atoms with Crippen molar-refractivity contribution in [3.63, 3.8) is 0 Å². The third-order valence-corrected chi connectivity index (χ3v) is 16.5. The van der Waals surface area contributed by atoms with Crippen LogP contribution in [-0.4, -0.2) is 139 Å². The highest BCUT2D eigenvalue weighted by molar-refractivity contribution is 6.39. The predicted octanol–water partition coefficient (Wildman–Crippen LogP) is 8.76. The second-order valence-electron chi connectivity index (χ2n) is 22.6. The standard InChI is InChI=1S/C61H93NO16/c1-12-75-53(64)25-18-13-14-19-26-54(65)76-49-30-28-45(35-52(49)73-10)34-41(5)51-37-48(63)40(4)33-43(7)56(67)57(74-11)55(66)42(6)32-38(2)22-16-15-17-23-39(3)50(72-9)36-46-29-27-44(8)61(71,78-46)58(68)59(69)62-31-21-20-24-47(62)60(70)77-51/h12,15-17,22-23,33,38,40-42,44-47,49-52,56-57,67,71H,1,13-14,18-21,24-32,34-37H2,2-11H3/b17-15+,22-16+,39-23+,43-33+/t38-,40-,41-,42-,44-,45+,46+,47+,49-,50+,51+,52-,56-,57+,61-/m1/s1. The summed E-state index contributed by atoms with van der Waals surface area (Å²) >= 11 is 0. The van der Waals surface area contributed by atoms with Crippen LogP contribution < -0.4 is 0 Å². The summed E-state index contributed by atoms with van der Waals surface area (Å²) in [5.41, 5.74) is 1.23. The Labute approximate surface area is 463 Å². The Bertz CT molecular complexity index is 2150. The van der Waals surface area contributed by atoms with Gasteiger partial charge in [-0.3, -0.25) is 28.8 Å². The zero-order chi connectivity index (χ0) is 57.7. The number of nitrogens with zero attached hydrogens (tertiary/aromatic N) is 1. The topological polar surface area (TPSA) is 228 Å². The molecular formula is C61H93NO16. The van der Waals surface area contributed by atoms with Gasteiger partial charge < -0.3 is 48.3 Å². The van der Waals surface area contributed by atoms with E-state index in [0.717, 1.165) is 24.7 Å². The molecule has 0 radical (unpaired) electrons. The molecule has 17 nitrogen and oxygen atoms in total. The SMILES string of the molecule is C=COC(=O)CCCCCCC(=O)O[C@@H]1CC[C@@H](C[C@@H](C)[C@@H]2CC(=O)[C@H](C)/C=C(\C)[C@@H](O)[C@@H](OC)C(=O)[C@H](C)C[C@H](C)/C=C/C=C/C=C(\C)[C@@H](OC)C[C@@H]3CC[C@@H](C)[C@@](O)(O3)C(=O)C(=O)N3CCCC[C@H]3C(=O)O2)C[C@H]1OC. The fraction of sp³-hybridized carbons (Fsp3) is 0.721. The summed E-state index contributed by atoms with van der Waals surface area (Å²) in [7, 11) is 4.51. The van der Waals surface area contributed by atoms with Gasteiger partial charge in [-0.15, -0.1) is 0 Å². The molecule has 17 heteroatoms. The number of rotatable bonds is 15. The Hall–Kier alpha value is -4.65. The smallest absolute Gasteiger partial charge is 0.329 e. The molecule has 2 N–H and O–H groups in total. The number of cyclic esters (lactones) is 1. The maximum absolute atomic E-state index is 14.6. The van der Waals surface area contributed by atoms with Gasteiger partial charge in [-0.05, 0) is 120 Å². The number of hydrogen-bond acceptors (Lipinski definition) is 16. The molecule has 0 aromatic heterocycles. The molecule has 438 valence electrons. The third kappa shape index (κ3) is 19.3. The van der Waals surface area contributed by atoms with Crippen molar-refractivity contribution >= 4 is 41.2 Å². The van der Waals surface area contributed by atoms with Crippen LogP contribution in [0.5, 0.6) is 0 Å². The largest absolute Gasteiger partial charge is 0.460 e. The minimum absolute atomic E-state index is 0.00238. The lowest BCUT2D eigenvalue weighted by molar-refractivity contribution is -0.265. The number of carbonyl (C=O) groups excluding carboxylic acids is 7. The molecule has 3 heterocycles. The summed E-state index contributed by atoms with van der Waals surface area (Å²) in [5.74, 6) is -9.06. The number of hydrogen-bond donors (Lipinski definition) is 2. The van der Waals surface area contributed by atoms with Crippen molar-refractivity contribution < 1.29 is 76.9 Å². The highest BCUT2D eigenvalue weighted by Gasteiger charge is 2.53. The van der Waals surface area contributed by atoms with Crippen molar-refractivity contribution in [2.75, 3.05) is 27.9 Å². The Morgan fingerprint density at radius 3 is 2.21 bits per heavy atom. The van der Waals surface area contributed by atoms with E-state index in [1.165, 1.54) is 12.0 Å². The average Bonchev–Trinajstić information content (AvgIpc) is 3.41. The number of fused-ring (bicyclic) bond motifs is 3. The third-order valence-electron chi connectivity index (χ3n) is 16.5. The molecule has 0 spiro atoms. The first-order valence-electron chi connectivity index (χ1n) is 28.6. The van der Waals surface area contributed by atoms with Crippen LogP contribution in [0.3, 0.4) is 0 Å². The minimum atomic E-state index is -2.46. The van der Waals surface area contributed by atoms with Gasteiger partial charge in [0.05, 0.1) is 24.6 Å². The maximum atomic E-state index is 14.6. The zero-order valence-electron chi connectivity index (χ0n) is 48.3. The number of allylic oxidation sites excluding steroid dienone is 6. The van der Waals surface area contributed by atoms with E-state index in [4.69, 9.17) is 33.2 Å². The number of ether oxygens (including phenoxy) is 7. The fourth-order valence-corrected chi connectivity index (χ4v) is 11.5. The first-order chi connectivity index (χ1) is 37.1. The molecule has 4 aliphatic rings. The summed E-state index contributed by atoms with van der Waals surface area (Å²) < 4.78 is 40.5. The summed E-state index contributed by atoms with van der Waals surface area (Å²) in [5, 5.41) is 23.6. The van der Waals surface area contributed by atoms with E-state index in [2.05, 4.69) is 6.58 Å². The van der Waals surface area contributed by atoms with Crippen molar-refractivity contribution in [1.29, 1.82) is 0 Å². The summed E-state index contributed by atoms with van der Waals surface area (Å²) in [6.07, 6.45) is 15.0. The van der Waals surface area contributed by atoms with Gasteiger partial charge >= 0.3 is 17.9 Å². The molecule has 3 aliphatic heterocycles. The quantitative estimate of drug-likeness (QED) is 0.0390. The lowest BCUT2D eigenvalue weighted by atomic mass is 9.78. The zero-order valence-corrected chi connectivity index (χ0v) is 48.3. The van der Waals surface area contributed by atoms with E-state index in [0.29, 0.717) is 82.6 Å².